The van der Waals surface area contributed by atoms with Gasteiger partial charge in [0.25, 0.3) is 0 Å². The Hall–Kier alpha value is -8.53. The summed E-state index contributed by atoms with van der Waals surface area (Å²) in [5.74, 6) is 0. The van der Waals surface area contributed by atoms with Crippen molar-refractivity contribution >= 4 is 60.7 Å². The Labute approximate surface area is 377 Å². The molecule has 0 atom stereocenters. The van der Waals surface area contributed by atoms with Crippen molar-refractivity contribution < 1.29 is 4.42 Å². The van der Waals surface area contributed by atoms with E-state index in [0.717, 1.165) is 77.7 Å². The average Bonchev–Trinajstić information content (AvgIpc) is 3.91. The normalized spacial score (nSPS) is 12.7. The Kier molecular flexibility index (Phi) is 8.44. The predicted molar refractivity (Wildman–Crippen MR) is 269 cm³/mol. The Morgan fingerprint density at radius 1 is 0.369 bits per heavy atom. The van der Waals surface area contributed by atoms with E-state index in [1.54, 1.807) is 0 Å². The number of aromatic nitrogens is 1. The number of hydrogen-bond acceptors (Lipinski definition) is 3. The molecular weight excluding hydrogens is 789 g/mol. The van der Waals surface area contributed by atoms with Gasteiger partial charge < -0.3 is 9.32 Å². The summed E-state index contributed by atoms with van der Waals surface area (Å²) in [4.78, 5) is 7.76. The van der Waals surface area contributed by atoms with E-state index in [0.29, 0.717) is 0 Å². The van der Waals surface area contributed by atoms with Gasteiger partial charge in [0.05, 0.1) is 16.6 Å². The Bertz CT molecular complexity index is 3720. The van der Waals surface area contributed by atoms with Crippen molar-refractivity contribution in [2.24, 2.45) is 0 Å². The molecule has 0 spiro atoms. The molecule has 13 rings (SSSR count). The molecule has 12 aromatic rings. The first-order valence-corrected chi connectivity index (χ1v) is 22.3. The maximum atomic E-state index is 6.34. The van der Waals surface area contributed by atoms with Gasteiger partial charge in [-0.05, 0) is 99.1 Å². The second kappa shape index (κ2) is 14.8. The van der Waals surface area contributed by atoms with E-state index in [9.17, 15) is 0 Å². The fraction of sp³-hybridized carbons (Fsp3) is 0.0161. The van der Waals surface area contributed by atoms with E-state index < -0.39 is 5.41 Å². The van der Waals surface area contributed by atoms with Crippen LogP contribution in [0.5, 0.6) is 0 Å². The van der Waals surface area contributed by atoms with Crippen molar-refractivity contribution in [1.29, 1.82) is 0 Å². The number of hydrogen-bond donors (Lipinski definition) is 0. The number of nitrogens with zero attached hydrogens (tertiary/aromatic N) is 2. The van der Waals surface area contributed by atoms with Gasteiger partial charge in [0.1, 0.15) is 11.2 Å². The number of para-hydroxylation sites is 3. The topological polar surface area (TPSA) is 29.3 Å². The van der Waals surface area contributed by atoms with Crippen LogP contribution in [0.3, 0.4) is 0 Å². The predicted octanol–water partition coefficient (Wildman–Crippen LogP) is 16.5. The fourth-order valence-electron chi connectivity index (χ4n) is 10.7. The molecule has 3 nitrogen and oxygen atoms in total. The average molecular weight is 829 g/mol. The summed E-state index contributed by atoms with van der Waals surface area (Å²) in [6.07, 6.45) is 0. The molecule has 0 fully saturated rings. The van der Waals surface area contributed by atoms with Crippen molar-refractivity contribution in [3.05, 3.63) is 265 Å². The number of anilines is 3. The van der Waals surface area contributed by atoms with Crippen molar-refractivity contribution in [2.75, 3.05) is 4.90 Å². The minimum absolute atomic E-state index is 0.491. The molecule has 65 heavy (non-hydrogen) atoms. The minimum atomic E-state index is -0.491. The third kappa shape index (κ3) is 5.72. The van der Waals surface area contributed by atoms with E-state index in [1.807, 2.05) is 12.1 Å². The number of fused-ring (bicyclic) bond motifs is 10. The Morgan fingerprint density at radius 2 is 0.969 bits per heavy atom. The molecule has 1 aliphatic carbocycles. The fourth-order valence-corrected chi connectivity index (χ4v) is 10.7. The molecular formula is C62H40N2O. The highest BCUT2D eigenvalue weighted by atomic mass is 16.3. The summed E-state index contributed by atoms with van der Waals surface area (Å²) < 4.78 is 6.34. The SMILES string of the molecule is c1ccc(N(c2ccc(-c3cccc(-c4nc5ccccc5c5c6c(ccc45)C(c4ccccc4)(c4ccccc4)c4ccccc4-6)c3)cc2)c2ccc3c(c2)oc2ccccc23)cc1. The van der Waals surface area contributed by atoms with E-state index in [1.165, 1.54) is 38.8 Å². The lowest BCUT2D eigenvalue weighted by atomic mass is 9.67. The van der Waals surface area contributed by atoms with Crippen LogP contribution in [0.25, 0.3) is 77.1 Å². The van der Waals surface area contributed by atoms with Gasteiger partial charge in [-0.3, -0.25) is 0 Å². The van der Waals surface area contributed by atoms with Crippen molar-refractivity contribution in [1.82, 2.24) is 4.98 Å². The quantitative estimate of drug-likeness (QED) is 0.150. The summed E-state index contributed by atoms with van der Waals surface area (Å²) in [5.41, 5.74) is 17.4. The third-order valence-electron chi connectivity index (χ3n) is 13.5. The molecule has 3 heteroatoms. The lowest BCUT2D eigenvalue weighted by molar-refractivity contribution is 0.669. The van der Waals surface area contributed by atoms with Crippen LogP contribution in [-0.2, 0) is 5.41 Å². The van der Waals surface area contributed by atoms with Crippen LogP contribution in [0, 0.1) is 0 Å². The third-order valence-corrected chi connectivity index (χ3v) is 13.5. The van der Waals surface area contributed by atoms with Crippen LogP contribution in [0.4, 0.5) is 17.1 Å². The zero-order valence-corrected chi connectivity index (χ0v) is 35.4. The van der Waals surface area contributed by atoms with Crippen LogP contribution in [0.1, 0.15) is 22.3 Å². The lowest BCUT2D eigenvalue weighted by Gasteiger charge is -2.34. The molecule has 0 bridgehead atoms. The van der Waals surface area contributed by atoms with Gasteiger partial charge in [-0.2, -0.15) is 0 Å². The van der Waals surface area contributed by atoms with E-state index in [4.69, 9.17) is 9.40 Å². The summed E-state index contributed by atoms with van der Waals surface area (Å²) in [6, 6.07) is 87.5. The minimum Gasteiger partial charge on any atom is -0.456 e. The summed E-state index contributed by atoms with van der Waals surface area (Å²) in [6.45, 7) is 0. The van der Waals surface area contributed by atoms with Gasteiger partial charge in [0.2, 0.25) is 0 Å². The van der Waals surface area contributed by atoms with Gasteiger partial charge >= 0.3 is 0 Å². The van der Waals surface area contributed by atoms with Crippen LogP contribution < -0.4 is 4.90 Å². The van der Waals surface area contributed by atoms with Gasteiger partial charge in [-0.25, -0.2) is 4.98 Å². The lowest BCUT2D eigenvalue weighted by Crippen LogP contribution is -2.28. The smallest absolute Gasteiger partial charge is 0.137 e. The van der Waals surface area contributed by atoms with Crippen molar-refractivity contribution in [3.63, 3.8) is 0 Å². The largest absolute Gasteiger partial charge is 0.456 e. The Morgan fingerprint density at radius 3 is 1.75 bits per heavy atom. The van der Waals surface area contributed by atoms with E-state index in [-0.39, 0.29) is 0 Å². The molecule has 0 amide bonds. The molecule has 0 aliphatic heterocycles. The van der Waals surface area contributed by atoms with E-state index in [2.05, 4.69) is 235 Å². The van der Waals surface area contributed by atoms with Crippen LogP contribution in [0.15, 0.2) is 247 Å². The molecule has 304 valence electrons. The number of pyridine rings is 1. The number of benzene rings is 10. The van der Waals surface area contributed by atoms with Gasteiger partial charge in [0, 0.05) is 55.6 Å². The highest BCUT2D eigenvalue weighted by Gasteiger charge is 2.46. The molecule has 2 aromatic heterocycles. The maximum absolute atomic E-state index is 6.34. The molecule has 0 saturated heterocycles. The van der Waals surface area contributed by atoms with Crippen LogP contribution in [-0.4, -0.2) is 4.98 Å². The number of furan rings is 1. The first kappa shape index (κ1) is 37.1. The maximum Gasteiger partial charge on any atom is 0.137 e. The van der Waals surface area contributed by atoms with Gasteiger partial charge in [0.15, 0.2) is 0 Å². The van der Waals surface area contributed by atoms with Crippen molar-refractivity contribution in [2.45, 2.75) is 5.41 Å². The van der Waals surface area contributed by atoms with E-state index >= 15 is 0 Å². The molecule has 10 aromatic carbocycles. The first-order valence-electron chi connectivity index (χ1n) is 22.3. The zero-order chi connectivity index (χ0) is 42.9. The molecule has 1 aliphatic rings. The second-order valence-corrected chi connectivity index (χ2v) is 17.0. The second-order valence-electron chi connectivity index (χ2n) is 17.0. The summed E-state index contributed by atoms with van der Waals surface area (Å²) in [5, 5.41) is 5.77. The van der Waals surface area contributed by atoms with Gasteiger partial charge in [-0.15, -0.1) is 0 Å². The molecule has 2 heterocycles. The summed E-state index contributed by atoms with van der Waals surface area (Å²) >= 11 is 0. The highest BCUT2D eigenvalue weighted by Crippen LogP contribution is 2.59. The molecule has 0 N–H and O–H groups in total. The number of rotatable bonds is 7. The monoisotopic (exact) mass is 828 g/mol. The first-order chi connectivity index (χ1) is 32.2. The summed E-state index contributed by atoms with van der Waals surface area (Å²) in [7, 11) is 0. The van der Waals surface area contributed by atoms with Crippen molar-refractivity contribution in [3.8, 4) is 33.5 Å². The Balaban J connectivity index is 0.952. The molecule has 0 unspecified atom stereocenters. The molecule has 0 radical (unpaired) electrons. The standard InChI is InChI=1S/C62H40N2O/c1-4-19-44(20-5-1)62(45-21-6-2-7-22-45)54-28-13-10-26-51(54)60-55(62)38-37-53-59(60)52-27-11-14-29-56(52)63-61(53)43-18-16-17-42(39-43)41-31-33-47(34-32-41)64(46-23-8-3-9-24-46)48-35-36-50-49-25-12-15-30-57(49)65-58(50)40-48/h1-40H. The van der Waals surface area contributed by atoms with Crippen LogP contribution in [0.2, 0.25) is 0 Å². The van der Waals surface area contributed by atoms with Gasteiger partial charge in [-0.1, -0.05) is 182 Å². The highest BCUT2D eigenvalue weighted by molar-refractivity contribution is 6.19. The van der Waals surface area contributed by atoms with Crippen LogP contribution >= 0.6 is 0 Å². The molecule has 0 saturated carbocycles. The zero-order valence-electron chi connectivity index (χ0n) is 35.4.